The van der Waals surface area contributed by atoms with Gasteiger partial charge in [0.1, 0.15) is 12.1 Å². The number of aromatic nitrogens is 3. The van der Waals surface area contributed by atoms with E-state index in [-0.39, 0.29) is 12.5 Å². The first-order valence-corrected chi connectivity index (χ1v) is 10.9. The Kier molecular flexibility index (Phi) is 4.76. The molecule has 3 unspecified atom stereocenters. The molecule has 0 saturated carbocycles. The lowest BCUT2D eigenvalue weighted by molar-refractivity contribution is -0.883. The Balaban J connectivity index is 1.32. The molecule has 0 aliphatic carbocycles. The zero-order valence-corrected chi connectivity index (χ0v) is 17.5. The normalized spacial score (nSPS) is 25.7. The van der Waals surface area contributed by atoms with Gasteiger partial charge in [-0.25, -0.2) is 9.69 Å². The number of quaternary nitrogens is 1. The van der Waals surface area contributed by atoms with Gasteiger partial charge in [0.15, 0.2) is 12.5 Å². The second-order valence-corrected chi connectivity index (χ2v) is 8.29. The van der Waals surface area contributed by atoms with Crippen LogP contribution in [0.4, 0.5) is 11.4 Å². The van der Waals surface area contributed by atoms with E-state index in [0.717, 1.165) is 52.5 Å². The molecule has 2 fully saturated rings. The summed E-state index contributed by atoms with van der Waals surface area (Å²) in [6.07, 6.45) is 1.83. The number of ether oxygens (including phenoxy) is 3. The van der Waals surface area contributed by atoms with Crippen LogP contribution in [0.2, 0.25) is 0 Å². The van der Waals surface area contributed by atoms with Crippen LogP contribution in [-0.2, 0) is 20.8 Å². The molecular weight excluding hydrogens is 396 g/mol. The molecule has 3 aromatic rings. The largest absolute Gasteiger partial charge is 0.460 e. The predicted octanol–water partition coefficient (Wildman–Crippen LogP) is 2.16. The van der Waals surface area contributed by atoms with Gasteiger partial charge in [-0.1, -0.05) is 29.1 Å². The van der Waals surface area contributed by atoms with Crippen molar-refractivity contribution in [3.8, 4) is 0 Å². The van der Waals surface area contributed by atoms with Crippen molar-refractivity contribution in [2.24, 2.45) is 0 Å². The van der Waals surface area contributed by atoms with Crippen LogP contribution in [0.1, 0.15) is 30.2 Å². The fourth-order valence-corrected chi connectivity index (χ4v) is 4.56. The van der Waals surface area contributed by atoms with Gasteiger partial charge in [-0.05, 0) is 43.5 Å². The minimum Gasteiger partial charge on any atom is -0.460 e. The highest BCUT2D eigenvalue weighted by Gasteiger charge is 2.33. The Morgan fingerprint density at radius 3 is 2.87 bits per heavy atom. The van der Waals surface area contributed by atoms with Gasteiger partial charge in [-0.15, -0.1) is 5.10 Å². The molecule has 3 aliphatic heterocycles. The highest BCUT2D eigenvalue weighted by atomic mass is 16.6. The SMILES string of the molecule is Cc1ccc2c(c1)N(C1COCCO1)[NH+](Cc1ccc3nnn(C4CCCO4)c3c1)[N-]2. The Labute approximate surface area is 180 Å². The van der Waals surface area contributed by atoms with E-state index in [0.29, 0.717) is 26.4 Å². The highest BCUT2D eigenvalue weighted by molar-refractivity contribution is 5.75. The van der Waals surface area contributed by atoms with Gasteiger partial charge in [0.2, 0.25) is 0 Å². The highest BCUT2D eigenvalue weighted by Crippen LogP contribution is 2.36. The van der Waals surface area contributed by atoms with E-state index in [2.05, 4.69) is 52.6 Å². The Morgan fingerprint density at radius 1 is 1.10 bits per heavy atom. The van der Waals surface area contributed by atoms with Crippen molar-refractivity contribution >= 4 is 22.4 Å². The smallest absolute Gasteiger partial charge is 0.199 e. The summed E-state index contributed by atoms with van der Waals surface area (Å²) >= 11 is 0. The molecular formula is C22H26N6O3. The number of anilines is 1. The zero-order valence-electron chi connectivity index (χ0n) is 17.5. The van der Waals surface area contributed by atoms with Gasteiger partial charge in [0.25, 0.3) is 0 Å². The molecule has 0 amide bonds. The maximum Gasteiger partial charge on any atom is 0.199 e. The van der Waals surface area contributed by atoms with Gasteiger partial charge >= 0.3 is 0 Å². The van der Waals surface area contributed by atoms with Gasteiger partial charge in [0.05, 0.1) is 31.0 Å². The van der Waals surface area contributed by atoms with Crippen LogP contribution in [0.3, 0.4) is 0 Å². The number of fused-ring (bicyclic) bond motifs is 2. The molecule has 0 bridgehead atoms. The summed E-state index contributed by atoms with van der Waals surface area (Å²) in [5, 5.41) is 11.8. The van der Waals surface area contributed by atoms with E-state index < -0.39 is 0 Å². The number of rotatable bonds is 4. The van der Waals surface area contributed by atoms with Crippen molar-refractivity contribution in [2.75, 3.05) is 31.4 Å². The molecule has 1 N–H and O–H groups in total. The van der Waals surface area contributed by atoms with E-state index >= 15 is 0 Å². The Morgan fingerprint density at radius 2 is 2.03 bits per heavy atom. The second-order valence-electron chi connectivity index (χ2n) is 8.29. The lowest BCUT2D eigenvalue weighted by Gasteiger charge is -2.39. The molecule has 4 heterocycles. The second kappa shape index (κ2) is 7.76. The van der Waals surface area contributed by atoms with Crippen molar-refractivity contribution in [3.63, 3.8) is 0 Å². The van der Waals surface area contributed by atoms with Crippen LogP contribution in [0.25, 0.3) is 16.5 Å². The minimum atomic E-state index is -0.168. The number of nitrogens with one attached hydrogen (secondary N) is 1. The molecule has 6 rings (SSSR count). The van der Waals surface area contributed by atoms with Crippen LogP contribution >= 0.6 is 0 Å². The van der Waals surface area contributed by atoms with E-state index in [1.165, 1.54) is 5.56 Å². The molecule has 162 valence electrons. The number of hydrogen-bond donors (Lipinski definition) is 1. The van der Waals surface area contributed by atoms with Crippen LogP contribution < -0.4 is 10.1 Å². The van der Waals surface area contributed by atoms with Crippen molar-refractivity contribution in [2.45, 2.75) is 38.8 Å². The summed E-state index contributed by atoms with van der Waals surface area (Å²) in [7, 11) is 0. The average Bonchev–Trinajstić information content (AvgIpc) is 3.52. The van der Waals surface area contributed by atoms with Crippen molar-refractivity contribution in [1.29, 1.82) is 0 Å². The number of aryl methyl sites for hydroxylation is 1. The van der Waals surface area contributed by atoms with Crippen LogP contribution in [0.15, 0.2) is 36.4 Å². The summed E-state index contributed by atoms with van der Waals surface area (Å²) < 4.78 is 19.5. The lowest BCUT2D eigenvalue weighted by atomic mass is 10.2. The first-order valence-electron chi connectivity index (χ1n) is 10.9. The first kappa shape index (κ1) is 19.0. The molecule has 0 spiro atoms. The summed E-state index contributed by atoms with van der Waals surface area (Å²) in [6, 6.07) is 12.6. The fourth-order valence-electron chi connectivity index (χ4n) is 4.56. The monoisotopic (exact) mass is 422 g/mol. The van der Waals surface area contributed by atoms with Crippen LogP contribution in [-0.4, -0.2) is 47.6 Å². The van der Waals surface area contributed by atoms with Crippen molar-refractivity contribution in [3.05, 3.63) is 53.0 Å². The van der Waals surface area contributed by atoms with Crippen LogP contribution in [0.5, 0.6) is 0 Å². The molecule has 0 radical (unpaired) electrons. The Hall–Kier alpha value is -2.72. The molecule has 1 aromatic heterocycles. The van der Waals surface area contributed by atoms with Crippen molar-refractivity contribution < 1.29 is 19.3 Å². The molecule has 3 aliphatic rings. The molecule has 31 heavy (non-hydrogen) atoms. The van der Waals surface area contributed by atoms with E-state index in [1.54, 1.807) is 0 Å². The summed E-state index contributed by atoms with van der Waals surface area (Å²) in [5.41, 5.74) is 11.2. The maximum absolute atomic E-state index is 6.05. The maximum atomic E-state index is 6.05. The average molecular weight is 422 g/mol. The molecule has 9 heteroatoms. The number of nitrogens with zero attached hydrogens (tertiary/aromatic N) is 5. The topological polar surface area (TPSA) is 80.2 Å². The summed E-state index contributed by atoms with van der Waals surface area (Å²) in [5.74, 6) is 0. The van der Waals surface area contributed by atoms with Gasteiger partial charge in [-0.2, -0.15) is 0 Å². The summed E-state index contributed by atoms with van der Waals surface area (Å²) in [4.78, 5) is 0. The molecule has 2 saturated heterocycles. The number of hydrogen-bond acceptors (Lipinski definition) is 6. The fraction of sp³-hybridized carbons (Fsp3) is 0.455. The third kappa shape index (κ3) is 3.43. The molecule has 2 aromatic carbocycles. The quantitative estimate of drug-likeness (QED) is 0.694. The zero-order chi connectivity index (χ0) is 20.8. The first-order chi connectivity index (χ1) is 15.3. The summed E-state index contributed by atoms with van der Waals surface area (Å²) in [6.45, 7) is 5.31. The molecule has 3 atom stereocenters. The predicted molar refractivity (Wildman–Crippen MR) is 114 cm³/mol. The third-order valence-electron chi connectivity index (χ3n) is 6.08. The van der Waals surface area contributed by atoms with E-state index in [1.807, 2.05) is 10.7 Å². The van der Waals surface area contributed by atoms with Crippen LogP contribution in [0, 0.1) is 6.92 Å². The third-order valence-corrected chi connectivity index (χ3v) is 6.08. The van der Waals surface area contributed by atoms with Gasteiger partial charge in [-0.3, -0.25) is 5.12 Å². The lowest BCUT2D eigenvalue weighted by Crippen LogP contribution is -3.14. The minimum absolute atomic E-state index is 0.0272. The molecule has 9 nitrogen and oxygen atoms in total. The van der Waals surface area contributed by atoms with Gasteiger partial charge in [0, 0.05) is 12.2 Å². The Bertz CT molecular complexity index is 1090. The van der Waals surface area contributed by atoms with Gasteiger partial charge < -0.3 is 19.6 Å². The van der Waals surface area contributed by atoms with E-state index in [9.17, 15) is 0 Å². The van der Waals surface area contributed by atoms with Crippen molar-refractivity contribution in [1.82, 2.24) is 15.0 Å². The standard InChI is InChI=1S/C22H26N6O3/c1-15-4-6-18-20(11-15)28(22-14-29-9-10-31-22)26(24-18)13-16-5-7-17-19(12-16)27(25-23-17)21-3-2-8-30-21/h4-7,11-12,21-22,26H,2-3,8-10,13-14H2,1H3. The number of benzene rings is 2. The van der Waals surface area contributed by atoms with E-state index in [4.69, 9.17) is 19.6 Å².